The smallest absolute Gasteiger partial charge is 0.269 e. The van der Waals surface area contributed by atoms with Crippen LogP contribution in [0.15, 0.2) is 35.9 Å². The molecule has 0 radical (unpaired) electrons. The zero-order valence-corrected chi connectivity index (χ0v) is 20.7. The van der Waals surface area contributed by atoms with Crippen LogP contribution in [0.3, 0.4) is 0 Å². The molecule has 0 saturated carbocycles. The van der Waals surface area contributed by atoms with Gasteiger partial charge in [0.2, 0.25) is 5.95 Å². The number of halogens is 5. The first-order valence-electron chi connectivity index (χ1n) is 11.0. The lowest BCUT2D eigenvalue weighted by Crippen LogP contribution is -2.40. The van der Waals surface area contributed by atoms with Gasteiger partial charge in [0, 0.05) is 48.7 Å². The number of benzene rings is 1. The fraction of sp³-hybridized carbons (Fsp3) is 0.391. The molecule has 1 N–H and O–H groups in total. The minimum atomic E-state index is -2.75. The first kappa shape index (κ1) is 25.2. The van der Waals surface area contributed by atoms with Gasteiger partial charge >= 0.3 is 0 Å². The standard InChI is InChI=1S/C23H21F4IN6O/c24-20(25)14-3-7-33(8-4-14)18-11-15(28)1-2-17(18)21(35)31-19-12-16(13-29)30-22(32-19)34-9-5-23(26,27)6-10-34/h1-2,11-12H,3-10H2,(H,30,31,32,35). The van der Waals surface area contributed by atoms with Gasteiger partial charge in [-0.1, -0.05) is 0 Å². The van der Waals surface area contributed by atoms with Gasteiger partial charge in [0.15, 0.2) is 0 Å². The Hall–Kier alpha value is -2.95. The third-order valence-corrected chi connectivity index (χ3v) is 6.70. The van der Waals surface area contributed by atoms with E-state index in [4.69, 9.17) is 0 Å². The summed E-state index contributed by atoms with van der Waals surface area (Å²) in [6.45, 7) is 0.758. The summed E-state index contributed by atoms with van der Waals surface area (Å²) < 4.78 is 53.9. The van der Waals surface area contributed by atoms with Crippen LogP contribution in [0.2, 0.25) is 0 Å². The molecule has 1 aromatic carbocycles. The van der Waals surface area contributed by atoms with E-state index in [1.807, 2.05) is 17.0 Å². The molecule has 0 spiro atoms. The minimum absolute atomic E-state index is 0.00550. The van der Waals surface area contributed by atoms with Crippen molar-refractivity contribution < 1.29 is 22.4 Å². The lowest BCUT2D eigenvalue weighted by Gasteiger charge is -2.32. The quantitative estimate of drug-likeness (QED) is 0.384. The van der Waals surface area contributed by atoms with E-state index in [0.29, 0.717) is 24.3 Å². The summed E-state index contributed by atoms with van der Waals surface area (Å²) in [5.41, 5.74) is 1.07. The Kier molecular flexibility index (Phi) is 7.44. The topological polar surface area (TPSA) is 85.2 Å². The van der Waals surface area contributed by atoms with Crippen molar-refractivity contribution in [3.8, 4) is 6.07 Å². The number of nitrogens with one attached hydrogen (secondary N) is 1. The molecule has 7 nitrogen and oxygen atoms in total. The maximum atomic E-state index is 13.5. The van der Waals surface area contributed by atoms with E-state index in [0.717, 1.165) is 3.57 Å². The molecule has 1 amide bonds. The van der Waals surface area contributed by atoms with Crippen molar-refractivity contribution in [2.24, 2.45) is 0 Å². The SMILES string of the molecule is N#Cc1cc(NC(=O)c2ccc(I)cc2N2CCC(=C(F)F)CC2)nc(N2CCC(F)(F)CC2)n1. The Bertz CT molecular complexity index is 1190. The van der Waals surface area contributed by atoms with Crippen molar-refractivity contribution >= 4 is 46.0 Å². The maximum Gasteiger partial charge on any atom is 0.269 e. The van der Waals surface area contributed by atoms with Crippen LogP contribution in [-0.2, 0) is 0 Å². The molecule has 0 bridgehead atoms. The molecule has 2 fully saturated rings. The van der Waals surface area contributed by atoms with E-state index in [1.54, 1.807) is 17.0 Å². The fourth-order valence-electron chi connectivity index (χ4n) is 4.08. The van der Waals surface area contributed by atoms with Gasteiger partial charge in [-0.05, 0) is 59.2 Å². The largest absolute Gasteiger partial charge is 0.370 e. The van der Waals surface area contributed by atoms with Crippen LogP contribution < -0.4 is 15.1 Å². The van der Waals surface area contributed by atoms with Crippen LogP contribution in [0.1, 0.15) is 41.7 Å². The number of nitrogens with zero attached hydrogens (tertiary/aromatic N) is 5. The van der Waals surface area contributed by atoms with E-state index in [9.17, 15) is 27.6 Å². The monoisotopic (exact) mass is 600 g/mol. The summed E-state index contributed by atoms with van der Waals surface area (Å²) in [5, 5.41) is 12.0. The summed E-state index contributed by atoms with van der Waals surface area (Å²) >= 11 is 2.12. The van der Waals surface area contributed by atoms with E-state index in [-0.39, 0.29) is 61.8 Å². The molecule has 2 aliphatic rings. The van der Waals surface area contributed by atoms with Crippen LogP contribution in [0.4, 0.5) is 35.0 Å². The number of anilines is 3. The van der Waals surface area contributed by atoms with Crippen LogP contribution >= 0.6 is 22.6 Å². The van der Waals surface area contributed by atoms with Gasteiger partial charge in [-0.15, -0.1) is 0 Å². The molecule has 35 heavy (non-hydrogen) atoms. The number of carbonyl (C=O) groups is 1. The van der Waals surface area contributed by atoms with Gasteiger partial charge in [0.05, 0.1) is 11.3 Å². The Morgan fingerprint density at radius 1 is 1.06 bits per heavy atom. The molecule has 3 heterocycles. The molecule has 0 aliphatic carbocycles. The Balaban J connectivity index is 1.56. The fourth-order valence-corrected chi connectivity index (χ4v) is 4.55. The summed E-state index contributed by atoms with van der Waals surface area (Å²) in [7, 11) is 0. The lowest BCUT2D eigenvalue weighted by molar-refractivity contribution is -0.0222. The highest BCUT2D eigenvalue weighted by Crippen LogP contribution is 2.31. The number of amides is 1. The number of piperidine rings is 2. The summed E-state index contributed by atoms with van der Waals surface area (Å²) in [6.07, 6.45) is -1.91. The molecule has 0 atom stereocenters. The Labute approximate surface area is 213 Å². The van der Waals surface area contributed by atoms with Crippen molar-refractivity contribution in [1.29, 1.82) is 5.26 Å². The molecular weight excluding hydrogens is 579 g/mol. The van der Waals surface area contributed by atoms with Crippen LogP contribution in [0, 0.1) is 14.9 Å². The number of alkyl halides is 2. The molecular formula is C23H21F4IN6O. The van der Waals surface area contributed by atoms with E-state index >= 15 is 0 Å². The first-order valence-corrected chi connectivity index (χ1v) is 12.0. The number of nitriles is 1. The first-order chi connectivity index (χ1) is 16.6. The van der Waals surface area contributed by atoms with Crippen molar-refractivity contribution in [2.75, 3.05) is 41.3 Å². The average molecular weight is 600 g/mol. The predicted octanol–water partition coefficient (Wildman–Crippen LogP) is 5.19. The predicted molar refractivity (Wildman–Crippen MR) is 131 cm³/mol. The molecule has 12 heteroatoms. The molecule has 1 aromatic heterocycles. The van der Waals surface area contributed by atoms with Gasteiger partial charge in [-0.25, -0.2) is 13.8 Å². The number of hydrogen-bond acceptors (Lipinski definition) is 6. The second kappa shape index (κ2) is 10.3. The Morgan fingerprint density at radius 2 is 1.74 bits per heavy atom. The second-order valence-corrected chi connectivity index (χ2v) is 9.61. The highest BCUT2D eigenvalue weighted by atomic mass is 127. The van der Waals surface area contributed by atoms with Crippen molar-refractivity contribution in [3.63, 3.8) is 0 Å². The lowest BCUT2D eigenvalue weighted by atomic mass is 10.0. The molecule has 4 rings (SSSR count). The summed E-state index contributed by atoms with van der Waals surface area (Å²) in [4.78, 5) is 25.1. The maximum absolute atomic E-state index is 13.5. The minimum Gasteiger partial charge on any atom is -0.370 e. The normalized spacial score (nSPS) is 17.7. The van der Waals surface area contributed by atoms with Gasteiger partial charge in [-0.3, -0.25) is 4.79 Å². The van der Waals surface area contributed by atoms with Crippen LogP contribution in [-0.4, -0.2) is 48.0 Å². The molecule has 2 saturated heterocycles. The van der Waals surface area contributed by atoms with Crippen molar-refractivity contribution in [1.82, 2.24) is 9.97 Å². The van der Waals surface area contributed by atoms with Crippen molar-refractivity contribution in [2.45, 2.75) is 31.6 Å². The van der Waals surface area contributed by atoms with Gasteiger partial charge in [0.1, 0.15) is 17.6 Å². The highest BCUT2D eigenvalue weighted by molar-refractivity contribution is 14.1. The zero-order valence-electron chi connectivity index (χ0n) is 18.5. The molecule has 2 aliphatic heterocycles. The summed E-state index contributed by atoms with van der Waals surface area (Å²) in [6, 6.07) is 8.44. The van der Waals surface area contributed by atoms with Gasteiger partial charge < -0.3 is 15.1 Å². The van der Waals surface area contributed by atoms with Gasteiger partial charge in [0.25, 0.3) is 17.9 Å². The van der Waals surface area contributed by atoms with Crippen molar-refractivity contribution in [3.05, 3.63) is 50.7 Å². The number of carbonyl (C=O) groups excluding carboxylic acids is 1. The van der Waals surface area contributed by atoms with E-state index in [1.165, 1.54) is 6.07 Å². The highest BCUT2D eigenvalue weighted by Gasteiger charge is 2.35. The molecule has 184 valence electrons. The van der Waals surface area contributed by atoms with Crippen LogP contribution in [0.5, 0.6) is 0 Å². The number of aromatic nitrogens is 2. The zero-order chi connectivity index (χ0) is 25.2. The van der Waals surface area contributed by atoms with Crippen LogP contribution in [0.25, 0.3) is 0 Å². The molecule has 0 unspecified atom stereocenters. The van der Waals surface area contributed by atoms with E-state index < -0.39 is 17.9 Å². The second-order valence-electron chi connectivity index (χ2n) is 8.36. The van der Waals surface area contributed by atoms with Gasteiger partial charge in [-0.2, -0.15) is 19.0 Å². The number of rotatable bonds is 4. The third-order valence-electron chi connectivity index (χ3n) is 6.03. The van der Waals surface area contributed by atoms with E-state index in [2.05, 4.69) is 37.9 Å². The number of hydrogen-bond donors (Lipinski definition) is 1. The third kappa shape index (κ3) is 6.01. The average Bonchev–Trinajstić information content (AvgIpc) is 2.83. The summed E-state index contributed by atoms with van der Waals surface area (Å²) in [5.74, 6) is -3.07. The Morgan fingerprint density at radius 3 is 2.37 bits per heavy atom. The molecule has 2 aromatic rings.